The molecule has 0 aromatic rings. The summed E-state index contributed by atoms with van der Waals surface area (Å²) in [6, 6.07) is -0.506. The Hall–Kier alpha value is -1.52. The molecule has 0 rings (SSSR count). The highest BCUT2D eigenvalue weighted by Crippen LogP contribution is 2.14. The minimum absolute atomic E-state index is 0.00410. The zero-order chi connectivity index (χ0) is 15.2. The van der Waals surface area contributed by atoms with E-state index in [0.717, 1.165) is 0 Å². The highest BCUT2D eigenvalue weighted by atomic mass is 16.6. The number of carbonyl (C=O) groups excluding carboxylic acids is 2. The molecule has 1 amide bonds. The Morgan fingerprint density at radius 2 is 1.79 bits per heavy atom. The molecule has 0 saturated carbocycles. The maximum Gasteiger partial charge on any atom is 0.408 e. The topological polar surface area (TPSA) is 64.6 Å². The van der Waals surface area contributed by atoms with Crippen LogP contribution >= 0.6 is 0 Å². The molecule has 0 aromatic carbocycles. The summed E-state index contributed by atoms with van der Waals surface area (Å²) in [5, 5.41) is 2.65. The van der Waals surface area contributed by atoms with Crippen LogP contribution in [0.2, 0.25) is 0 Å². The molecule has 0 bridgehead atoms. The van der Waals surface area contributed by atoms with Crippen molar-refractivity contribution in [1.29, 1.82) is 0 Å². The first kappa shape index (κ1) is 17.5. The van der Waals surface area contributed by atoms with Crippen molar-refractivity contribution in [2.45, 2.75) is 53.2 Å². The fourth-order valence-electron chi connectivity index (χ4n) is 1.44. The van der Waals surface area contributed by atoms with Gasteiger partial charge >= 0.3 is 12.1 Å². The lowest BCUT2D eigenvalue weighted by Gasteiger charge is -2.26. The first-order chi connectivity index (χ1) is 8.58. The first-order valence-electron chi connectivity index (χ1n) is 6.44. The van der Waals surface area contributed by atoms with Crippen molar-refractivity contribution in [1.82, 2.24) is 5.32 Å². The molecule has 110 valence electrons. The molecule has 5 heteroatoms. The standard InChI is InChI=1S/C14H25NO4/c1-8-18-12(16)10(4)11(9(2)3)15-13(17)19-14(5,6)7/h9,11H,4,8H2,1-3,5-7H3,(H,15,17). The Bertz CT molecular complexity index is 342. The summed E-state index contributed by atoms with van der Waals surface area (Å²) in [4.78, 5) is 23.4. The number of alkyl carbamates (subject to hydrolysis) is 1. The van der Waals surface area contributed by atoms with Crippen LogP contribution in [0, 0.1) is 5.92 Å². The molecule has 0 saturated heterocycles. The molecule has 1 unspecified atom stereocenters. The average molecular weight is 271 g/mol. The van der Waals surface area contributed by atoms with E-state index in [-0.39, 0.29) is 18.1 Å². The molecule has 0 aliphatic heterocycles. The van der Waals surface area contributed by atoms with Gasteiger partial charge in [-0.2, -0.15) is 0 Å². The monoisotopic (exact) mass is 271 g/mol. The molecule has 19 heavy (non-hydrogen) atoms. The molecule has 0 aromatic heterocycles. The van der Waals surface area contributed by atoms with E-state index in [4.69, 9.17) is 9.47 Å². The summed E-state index contributed by atoms with van der Waals surface area (Å²) in [5.41, 5.74) is -0.362. The maximum atomic E-state index is 11.7. The molecule has 1 N–H and O–H groups in total. The lowest BCUT2D eigenvalue weighted by Crippen LogP contribution is -2.44. The number of nitrogens with one attached hydrogen (secondary N) is 1. The van der Waals surface area contributed by atoms with E-state index in [1.165, 1.54) is 0 Å². The minimum Gasteiger partial charge on any atom is -0.463 e. The number of carbonyl (C=O) groups is 2. The van der Waals surface area contributed by atoms with Crippen LogP contribution in [0.5, 0.6) is 0 Å². The molecular weight excluding hydrogens is 246 g/mol. The molecule has 0 fully saturated rings. The summed E-state index contributed by atoms with van der Waals surface area (Å²) in [6.07, 6.45) is -0.573. The van der Waals surface area contributed by atoms with Gasteiger partial charge in [-0.3, -0.25) is 0 Å². The molecule has 0 spiro atoms. The van der Waals surface area contributed by atoms with E-state index in [9.17, 15) is 9.59 Å². The number of esters is 1. The van der Waals surface area contributed by atoms with Crippen molar-refractivity contribution >= 4 is 12.1 Å². The summed E-state index contributed by atoms with van der Waals surface area (Å²) < 4.78 is 10.1. The van der Waals surface area contributed by atoms with E-state index < -0.39 is 23.7 Å². The van der Waals surface area contributed by atoms with Crippen LogP contribution in [0.15, 0.2) is 12.2 Å². The van der Waals surface area contributed by atoms with Gasteiger partial charge in [0.15, 0.2) is 0 Å². The van der Waals surface area contributed by atoms with Gasteiger partial charge in [-0.05, 0) is 33.6 Å². The van der Waals surface area contributed by atoms with Crippen molar-refractivity contribution in [2.75, 3.05) is 6.61 Å². The van der Waals surface area contributed by atoms with Crippen LogP contribution in [0.25, 0.3) is 0 Å². The predicted octanol–water partition coefficient (Wildman–Crippen LogP) is 2.66. The zero-order valence-electron chi connectivity index (χ0n) is 12.7. The fraction of sp³-hybridized carbons (Fsp3) is 0.714. The Morgan fingerprint density at radius 1 is 1.26 bits per heavy atom. The molecule has 5 nitrogen and oxygen atoms in total. The van der Waals surface area contributed by atoms with Gasteiger partial charge in [0.1, 0.15) is 5.60 Å². The van der Waals surface area contributed by atoms with Crippen LogP contribution in [0.4, 0.5) is 4.79 Å². The van der Waals surface area contributed by atoms with Crippen LogP contribution < -0.4 is 5.32 Å². The second kappa shape index (κ2) is 7.16. The molecule has 0 heterocycles. The van der Waals surface area contributed by atoms with Crippen molar-refractivity contribution < 1.29 is 19.1 Å². The van der Waals surface area contributed by atoms with Gasteiger partial charge in [-0.15, -0.1) is 0 Å². The van der Waals surface area contributed by atoms with Crippen LogP contribution in [0.3, 0.4) is 0 Å². The molecule has 0 aliphatic rings. The molecular formula is C14H25NO4. The molecule has 0 radical (unpaired) electrons. The number of rotatable bonds is 5. The van der Waals surface area contributed by atoms with Crippen molar-refractivity contribution in [3.8, 4) is 0 Å². The smallest absolute Gasteiger partial charge is 0.408 e. The highest BCUT2D eigenvalue weighted by Gasteiger charge is 2.27. The largest absolute Gasteiger partial charge is 0.463 e. The zero-order valence-corrected chi connectivity index (χ0v) is 12.7. The van der Waals surface area contributed by atoms with Gasteiger partial charge in [-0.25, -0.2) is 9.59 Å². The van der Waals surface area contributed by atoms with Gasteiger partial charge < -0.3 is 14.8 Å². The summed E-state index contributed by atoms with van der Waals surface area (Å²) >= 11 is 0. The van der Waals surface area contributed by atoms with Crippen LogP contribution in [0.1, 0.15) is 41.5 Å². The van der Waals surface area contributed by atoms with Gasteiger partial charge in [0.25, 0.3) is 0 Å². The van der Waals surface area contributed by atoms with E-state index in [0.29, 0.717) is 0 Å². The quantitative estimate of drug-likeness (QED) is 0.616. The summed E-state index contributed by atoms with van der Waals surface area (Å²) in [6.45, 7) is 14.8. The third-order valence-electron chi connectivity index (χ3n) is 2.25. The number of amides is 1. The Kier molecular flexibility index (Phi) is 6.59. The lowest BCUT2D eigenvalue weighted by molar-refractivity contribution is -0.139. The second-order valence-electron chi connectivity index (χ2n) is 5.61. The van der Waals surface area contributed by atoms with Crippen molar-refractivity contribution in [3.05, 3.63) is 12.2 Å². The minimum atomic E-state index is -0.586. The SMILES string of the molecule is C=C(C(=O)OCC)C(NC(=O)OC(C)(C)C)C(C)C. The second-order valence-corrected chi connectivity index (χ2v) is 5.61. The summed E-state index contributed by atoms with van der Waals surface area (Å²) in [7, 11) is 0. The van der Waals surface area contributed by atoms with Gasteiger partial charge in [0, 0.05) is 0 Å². The van der Waals surface area contributed by atoms with E-state index in [1.807, 2.05) is 13.8 Å². The Morgan fingerprint density at radius 3 is 2.16 bits per heavy atom. The number of hydrogen-bond donors (Lipinski definition) is 1. The van der Waals surface area contributed by atoms with E-state index in [2.05, 4.69) is 11.9 Å². The molecule has 1 atom stereocenters. The predicted molar refractivity (Wildman–Crippen MR) is 73.8 cm³/mol. The number of hydrogen-bond acceptors (Lipinski definition) is 4. The highest BCUT2D eigenvalue weighted by molar-refractivity contribution is 5.90. The van der Waals surface area contributed by atoms with Crippen molar-refractivity contribution in [2.24, 2.45) is 5.92 Å². The van der Waals surface area contributed by atoms with Crippen molar-refractivity contribution in [3.63, 3.8) is 0 Å². The summed E-state index contributed by atoms with van der Waals surface area (Å²) in [5.74, 6) is -0.498. The van der Waals surface area contributed by atoms with Crippen LogP contribution in [-0.2, 0) is 14.3 Å². The van der Waals surface area contributed by atoms with Gasteiger partial charge in [-0.1, -0.05) is 20.4 Å². The van der Waals surface area contributed by atoms with E-state index in [1.54, 1.807) is 27.7 Å². The van der Waals surface area contributed by atoms with Crippen LogP contribution in [-0.4, -0.2) is 30.3 Å². The normalized spacial score (nSPS) is 12.8. The average Bonchev–Trinajstić information content (AvgIpc) is 2.22. The fourth-order valence-corrected chi connectivity index (χ4v) is 1.44. The number of ether oxygens (including phenoxy) is 2. The molecule has 0 aliphatic carbocycles. The first-order valence-corrected chi connectivity index (χ1v) is 6.44. The Labute approximate surface area is 115 Å². The third kappa shape index (κ3) is 6.84. The Balaban J connectivity index is 4.71. The maximum absolute atomic E-state index is 11.7. The van der Waals surface area contributed by atoms with Gasteiger partial charge in [0.2, 0.25) is 0 Å². The lowest BCUT2D eigenvalue weighted by atomic mass is 9.97. The van der Waals surface area contributed by atoms with E-state index >= 15 is 0 Å². The van der Waals surface area contributed by atoms with Gasteiger partial charge in [0.05, 0.1) is 18.2 Å². The third-order valence-corrected chi connectivity index (χ3v) is 2.25.